The number of hydrogen-bond donors (Lipinski definition) is 1. The number of carbonyl (C=O) groups excluding carboxylic acids is 2. The van der Waals surface area contributed by atoms with E-state index in [2.05, 4.69) is 22.3 Å². The van der Waals surface area contributed by atoms with Gasteiger partial charge in [-0.2, -0.15) is 0 Å². The zero-order valence-corrected chi connectivity index (χ0v) is 16.2. The molecule has 2 amide bonds. The number of amides is 2. The number of benzene rings is 1. The molecular formula is C21H31N3O2. The highest BCUT2D eigenvalue weighted by molar-refractivity contribution is 5.84. The zero-order chi connectivity index (χ0) is 18.7. The van der Waals surface area contributed by atoms with E-state index in [0.29, 0.717) is 6.54 Å². The van der Waals surface area contributed by atoms with Crippen molar-refractivity contribution in [1.29, 1.82) is 0 Å². The number of likely N-dealkylation sites (tertiary alicyclic amines) is 1. The summed E-state index contributed by atoms with van der Waals surface area (Å²) in [5.74, 6) is 0.170. The van der Waals surface area contributed by atoms with Gasteiger partial charge >= 0.3 is 0 Å². The second-order valence-electron chi connectivity index (χ2n) is 8.62. The summed E-state index contributed by atoms with van der Waals surface area (Å²) >= 11 is 0. The Morgan fingerprint density at radius 3 is 2.46 bits per heavy atom. The van der Waals surface area contributed by atoms with Gasteiger partial charge in [-0.15, -0.1) is 0 Å². The van der Waals surface area contributed by atoms with E-state index >= 15 is 0 Å². The fourth-order valence-corrected chi connectivity index (χ4v) is 3.92. The number of hydrogen-bond acceptors (Lipinski definition) is 3. The molecule has 2 atom stereocenters. The average molecular weight is 357 g/mol. The van der Waals surface area contributed by atoms with Crippen molar-refractivity contribution >= 4 is 17.5 Å². The molecule has 26 heavy (non-hydrogen) atoms. The first-order valence-corrected chi connectivity index (χ1v) is 9.74. The molecule has 2 heterocycles. The lowest BCUT2D eigenvalue weighted by molar-refractivity contribution is -0.142. The van der Waals surface area contributed by atoms with E-state index in [1.54, 1.807) is 0 Å². The predicted octanol–water partition coefficient (Wildman–Crippen LogP) is 2.67. The van der Waals surface area contributed by atoms with E-state index in [4.69, 9.17) is 0 Å². The quantitative estimate of drug-likeness (QED) is 0.905. The first-order chi connectivity index (χ1) is 12.3. The highest BCUT2D eigenvalue weighted by Crippen LogP contribution is 2.24. The Balaban J connectivity index is 1.53. The van der Waals surface area contributed by atoms with Crippen molar-refractivity contribution in [1.82, 2.24) is 10.2 Å². The van der Waals surface area contributed by atoms with E-state index in [1.807, 2.05) is 43.9 Å². The lowest BCUT2D eigenvalue weighted by atomic mass is 9.91. The minimum absolute atomic E-state index is 0.0826. The minimum atomic E-state index is -0.389. The van der Waals surface area contributed by atoms with Gasteiger partial charge in [0, 0.05) is 43.3 Å². The van der Waals surface area contributed by atoms with Crippen LogP contribution in [-0.4, -0.2) is 48.9 Å². The minimum Gasteiger partial charge on any atom is -0.369 e. The van der Waals surface area contributed by atoms with Crippen molar-refractivity contribution in [2.24, 2.45) is 11.3 Å². The molecule has 2 fully saturated rings. The molecule has 5 nitrogen and oxygen atoms in total. The van der Waals surface area contributed by atoms with Gasteiger partial charge in [0.25, 0.3) is 0 Å². The van der Waals surface area contributed by atoms with E-state index in [-0.39, 0.29) is 29.2 Å². The van der Waals surface area contributed by atoms with Crippen LogP contribution in [0, 0.1) is 11.3 Å². The van der Waals surface area contributed by atoms with Crippen LogP contribution in [0.15, 0.2) is 30.3 Å². The van der Waals surface area contributed by atoms with Gasteiger partial charge in [-0.05, 0) is 31.4 Å². The van der Waals surface area contributed by atoms with Crippen LogP contribution in [0.2, 0.25) is 0 Å². The van der Waals surface area contributed by atoms with E-state index in [0.717, 1.165) is 38.9 Å². The standard InChI is InChI=1S/C21H31N3O2/c1-21(2,3)20(26)24-12-7-8-16(14-24)19(25)22-17-11-13-23(15-17)18-9-5-4-6-10-18/h4-6,9-10,16-17H,7-8,11-15H2,1-3H3,(H,22,25). The molecule has 0 bridgehead atoms. The van der Waals surface area contributed by atoms with Gasteiger partial charge < -0.3 is 15.1 Å². The third-order valence-electron chi connectivity index (χ3n) is 5.38. The molecular weight excluding hydrogens is 326 g/mol. The number of nitrogens with one attached hydrogen (secondary N) is 1. The fraction of sp³-hybridized carbons (Fsp3) is 0.619. The third kappa shape index (κ3) is 4.37. The summed E-state index contributed by atoms with van der Waals surface area (Å²) in [5.41, 5.74) is 0.823. The zero-order valence-electron chi connectivity index (χ0n) is 16.2. The maximum Gasteiger partial charge on any atom is 0.227 e. The van der Waals surface area contributed by atoms with Crippen molar-refractivity contribution in [3.8, 4) is 0 Å². The molecule has 0 spiro atoms. The summed E-state index contributed by atoms with van der Waals surface area (Å²) in [7, 11) is 0. The van der Waals surface area contributed by atoms with Crippen molar-refractivity contribution in [3.63, 3.8) is 0 Å². The first-order valence-electron chi connectivity index (χ1n) is 9.74. The first kappa shape index (κ1) is 18.7. The monoisotopic (exact) mass is 357 g/mol. The molecule has 2 saturated heterocycles. The van der Waals surface area contributed by atoms with Crippen LogP contribution in [0.4, 0.5) is 5.69 Å². The summed E-state index contributed by atoms with van der Waals surface area (Å²) in [4.78, 5) is 29.5. The molecule has 2 unspecified atom stereocenters. The molecule has 0 aliphatic carbocycles. The molecule has 1 aromatic carbocycles. The van der Waals surface area contributed by atoms with Crippen LogP contribution in [-0.2, 0) is 9.59 Å². The lowest BCUT2D eigenvalue weighted by Gasteiger charge is -2.36. The fourth-order valence-electron chi connectivity index (χ4n) is 3.92. The van der Waals surface area contributed by atoms with Crippen molar-refractivity contribution in [2.45, 2.75) is 46.1 Å². The molecule has 3 rings (SSSR count). The van der Waals surface area contributed by atoms with Crippen molar-refractivity contribution in [2.75, 3.05) is 31.1 Å². The van der Waals surface area contributed by atoms with Crippen LogP contribution >= 0.6 is 0 Å². The Kier molecular flexibility index (Phi) is 5.54. The van der Waals surface area contributed by atoms with E-state index < -0.39 is 0 Å². The smallest absolute Gasteiger partial charge is 0.227 e. The summed E-state index contributed by atoms with van der Waals surface area (Å²) in [6, 6.07) is 10.5. The number of carbonyl (C=O) groups is 2. The average Bonchev–Trinajstić information content (AvgIpc) is 3.09. The van der Waals surface area contributed by atoms with Gasteiger partial charge in [-0.25, -0.2) is 0 Å². The number of piperidine rings is 1. The Bertz CT molecular complexity index is 638. The van der Waals surface area contributed by atoms with Gasteiger partial charge in [-0.3, -0.25) is 9.59 Å². The van der Waals surface area contributed by atoms with Crippen molar-refractivity contribution in [3.05, 3.63) is 30.3 Å². The summed E-state index contributed by atoms with van der Waals surface area (Å²) in [6.07, 6.45) is 2.74. The third-order valence-corrected chi connectivity index (χ3v) is 5.38. The second-order valence-corrected chi connectivity index (χ2v) is 8.62. The number of nitrogens with zero attached hydrogens (tertiary/aromatic N) is 2. The van der Waals surface area contributed by atoms with E-state index in [9.17, 15) is 9.59 Å². The molecule has 2 aliphatic rings. The van der Waals surface area contributed by atoms with Gasteiger partial charge in [0.1, 0.15) is 0 Å². The van der Waals surface area contributed by atoms with Crippen LogP contribution in [0.3, 0.4) is 0 Å². The maximum absolute atomic E-state index is 12.7. The maximum atomic E-state index is 12.7. The van der Waals surface area contributed by atoms with Gasteiger partial charge in [0.15, 0.2) is 0 Å². The molecule has 2 aliphatic heterocycles. The summed E-state index contributed by atoms with van der Waals surface area (Å²) in [6.45, 7) is 8.96. The SMILES string of the molecule is CC(C)(C)C(=O)N1CCCC(C(=O)NC2CCN(c3ccccc3)C2)C1. The number of rotatable bonds is 3. The lowest BCUT2D eigenvalue weighted by Crippen LogP contribution is -2.50. The molecule has 1 aromatic rings. The Morgan fingerprint density at radius 1 is 1.04 bits per heavy atom. The van der Waals surface area contributed by atoms with E-state index in [1.165, 1.54) is 5.69 Å². The largest absolute Gasteiger partial charge is 0.369 e. The van der Waals surface area contributed by atoms with Gasteiger partial charge in [-0.1, -0.05) is 39.0 Å². The molecule has 0 aromatic heterocycles. The predicted molar refractivity (Wildman–Crippen MR) is 104 cm³/mol. The highest BCUT2D eigenvalue weighted by Gasteiger charge is 2.34. The van der Waals surface area contributed by atoms with Crippen molar-refractivity contribution < 1.29 is 9.59 Å². The molecule has 5 heteroatoms. The molecule has 0 radical (unpaired) electrons. The van der Waals surface area contributed by atoms with Crippen LogP contribution in [0.25, 0.3) is 0 Å². The van der Waals surface area contributed by atoms with Crippen LogP contribution in [0.5, 0.6) is 0 Å². The Labute approximate surface area is 156 Å². The van der Waals surface area contributed by atoms with Crippen LogP contribution < -0.4 is 10.2 Å². The Morgan fingerprint density at radius 2 is 1.77 bits per heavy atom. The Hall–Kier alpha value is -2.04. The topological polar surface area (TPSA) is 52.7 Å². The normalized spacial score (nSPS) is 23.8. The second kappa shape index (κ2) is 7.68. The van der Waals surface area contributed by atoms with Crippen LogP contribution in [0.1, 0.15) is 40.0 Å². The van der Waals surface area contributed by atoms with Gasteiger partial charge in [0.05, 0.1) is 5.92 Å². The number of para-hydroxylation sites is 1. The molecule has 0 saturated carbocycles. The molecule has 1 N–H and O–H groups in total. The van der Waals surface area contributed by atoms with Gasteiger partial charge in [0.2, 0.25) is 11.8 Å². The highest BCUT2D eigenvalue weighted by atomic mass is 16.2. The number of anilines is 1. The summed E-state index contributed by atoms with van der Waals surface area (Å²) in [5, 5.41) is 3.23. The summed E-state index contributed by atoms with van der Waals surface area (Å²) < 4.78 is 0. The molecule has 142 valence electrons.